The molecular weight excluding hydrogens is 260 g/mol. The summed E-state index contributed by atoms with van der Waals surface area (Å²) in [5, 5.41) is 9.78. The van der Waals surface area contributed by atoms with Crippen LogP contribution in [0.25, 0.3) is 0 Å². The standard InChI is InChI=1S/C14H24N2O4/c1-10(13(18)15-6-4-3-5-7-15)16-9-11(17)8-12(16)14(19)20-2/h10-12,17H,3-9H2,1-2H3. The van der Waals surface area contributed by atoms with Crippen molar-refractivity contribution >= 4 is 11.9 Å². The molecule has 0 aromatic carbocycles. The zero-order chi connectivity index (χ0) is 14.7. The van der Waals surface area contributed by atoms with E-state index in [1.165, 1.54) is 13.5 Å². The van der Waals surface area contributed by atoms with Gasteiger partial charge in [0.2, 0.25) is 5.91 Å². The van der Waals surface area contributed by atoms with Crippen molar-refractivity contribution in [3.63, 3.8) is 0 Å². The topological polar surface area (TPSA) is 70.1 Å². The van der Waals surface area contributed by atoms with Gasteiger partial charge in [0.25, 0.3) is 0 Å². The van der Waals surface area contributed by atoms with Crippen LogP contribution >= 0.6 is 0 Å². The number of β-amino-alcohol motifs (C(OH)–C–C–N with tert-alkyl or cyclic N) is 1. The number of methoxy groups -OCH3 is 1. The zero-order valence-electron chi connectivity index (χ0n) is 12.2. The number of piperidine rings is 1. The van der Waals surface area contributed by atoms with E-state index >= 15 is 0 Å². The second kappa shape index (κ2) is 6.54. The number of likely N-dealkylation sites (tertiary alicyclic amines) is 2. The molecule has 0 aliphatic carbocycles. The van der Waals surface area contributed by atoms with Gasteiger partial charge >= 0.3 is 5.97 Å². The largest absolute Gasteiger partial charge is 0.468 e. The molecule has 0 bridgehead atoms. The fourth-order valence-electron chi connectivity index (χ4n) is 3.15. The van der Waals surface area contributed by atoms with E-state index in [1.807, 2.05) is 11.8 Å². The molecule has 0 spiro atoms. The van der Waals surface area contributed by atoms with Crippen molar-refractivity contribution < 1.29 is 19.4 Å². The van der Waals surface area contributed by atoms with Crippen molar-refractivity contribution in [1.82, 2.24) is 9.80 Å². The monoisotopic (exact) mass is 284 g/mol. The van der Waals surface area contributed by atoms with Crippen LogP contribution in [0, 0.1) is 0 Å². The third-order valence-corrected chi connectivity index (χ3v) is 4.31. The number of ether oxygens (including phenoxy) is 1. The van der Waals surface area contributed by atoms with Crippen molar-refractivity contribution in [2.45, 2.75) is 50.8 Å². The highest BCUT2D eigenvalue weighted by molar-refractivity contribution is 5.83. The lowest BCUT2D eigenvalue weighted by Gasteiger charge is -2.34. The van der Waals surface area contributed by atoms with Crippen LogP contribution in [0.3, 0.4) is 0 Å². The van der Waals surface area contributed by atoms with Crippen LogP contribution in [-0.4, -0.2) is 71.7 Å². The first-order valence-electron chi connectivity index (χ1n) is 7.35. The first kappa shape index (κ1) is 15.3. The Morgan fingerprint density at radius 3 is 2.50 bits per heavy atom. The molecule has 0 radical (unpaired) electrons. The molecule has 6 heteroatoms. The molecule has 0 aromatic rings. The van der Waals surface area contributed by atoms with Gasteiger partial charge in [0.1, 0.15) is 6.04 Å². The van der Waals surface area contributed by atoms with E-state index < -0.39 is 18.2 Å². The van der Waals surface area contributed by atoms with E-state index in [1.54, 1.807) is 4.90 Å². The minimum Gasteiger partial charge on any atom is -0.468 e. The Morgan fingerprint density at radius 1 is 1.25 bits per heavy atom. The van der Waals surface area contributed by atoms with Gasteiger partial charge in [-0.3, -0.25) is 14.5 Å². The van der Waals surface area contributed by atoms with Crippen LogP contribution in [0.1, 0.15) is 32.6 Å². The molecular formula is C14H24N2O4. The van der Waals surface area contributed by atoms with E-state index in [4.69, 9.17) is 4.74 Å². The number of esters is 1. The van der Waals surface area contributed by atoms with E-state index in [0.29, 0.717) is 13.0 Å². The van der Waals surface area contributed by atoms with Crippen LogP contribution in [0.15, 0.2) is 0 Å². The van der Waals surface area contributed by atoms with Crippen molar-refractivity contribution in [3.8, 4) is 0 Å². The SMILES string of the molecule is COC(=O)C1CC(O)CN1C(C)C(=O)N1CCCCC1. The molecule has 6 nitrogen and oxygen atoms in total. The van der Waals surface area contributed by atoms with Crippen LogP contribution in [0.2, 0.25) is 0 Å². The minimum atomic E-state index is -0.573. The number of rotatable bonds is 3. The van der Waals surface area contributed by atoms with E-state index in [2.05, 4.69) is 0 Å². The van der Waals surface area contributed by atoms with Crippen molar-refractivity contribution in [2.24, 2.45) is 0 Å². The minimum absolute atomic E-state index is 0.0488. The van der Waals surface area contributed by atoms with Gasteiger partial charge in [0.15, 0.2) is 0 Å². The zero-order valence-corrected chi connectivity index (χ0v) is 12.2. The summed E-state index contributed by atoms with van der Waals surface area (Å²) in [5.74, 6) is -0.326. The maximum Gasteiger partial charge on any atom is 0.323 e. The van der Waals surface area contributed by atoms with Gasteiger partial charge in [0.05, 0.1) is 19.3 Å². The molecule has 2 aliphatic heterocycles. The lowest BCUT2D eigenvalue weighted by atomic mass is 10.1. The van der Waals surface area contributed by atoms with Crippen LogP contribution < -0.4 is 0 Å². The normalized spacial score (nSPS) is 29.2. The second-order valence-corrected chi connectivity index (χ2v) is 5.69. The highest BCUT2D eigenvalue weighted by atomic mass is 16.5. The van der Waals surface area contributed by atoms with Gasteiger partial charge in [-0.1, -0.05) is 0 Å². The number of hydrogen-bond acceptors (Lipinski definition) is 5. The Labute approximate surface area is 119 Å². The molecule has 0 saturated carbocycles. The maximum absolute atomic E-state index is 12.5. The molecule has 2 fully saturated rings. The van der Waals surface area contributed by atoms with Crippen molar-refractivity contribution in [2.75, 3.05) is 26.7 Å². The number of nitrogens with zero attached hydrogens (tertiary/aromatic N) is 2. The first-order chi connectivity index (χ1) is 9.54. The Bertz CT molecular complexity index is 368. The third kappa shape index (κ3) is 3.12. The fourth-order valence-corrected chi connectivity index (χ4v) is 3.15. The summed E-state index contributed by atoms with van der Waals surface area (Å²) in [6.07, 6.45) is 3.02. The van der Waals surface area contributed by atoms with Crippen LogP contribution in [0.4, 0.5) is 0 Å². The first-order valence-corrected chi connectivity index (χ1v) is 7.35. The molecule has 3 atom stereocenters. The summed E-state index contributed by atoms with van der Waals surface area (Å²) in [6, 6.07) is -0.909. The molecule has 0 aromatic heterocycles. The van der Waals surface area contributed by atoms with E-state index in [9.17, 15) is 14.7 Å². The van der Waals surface area contributed by atoms with Gasteiger partial charge in [-0.05, 0) is 26.2 Å². The summed E-state index contributed by atoms with van der Waals surface area (Å²) < 4.78 is 4.77. The molecule has 114 valence electrons. The number of aliphatic hydroxyl groups excluding tert-OH is 1. The lowest BCUT2D eigenvalue weighted by Crippen LogP contribution is -2.52. The average Bonchev–Trinajstić information content (AvgIpc) is 2.87. The van der Waals surface area contributed by atoms with Crippen LogP contribution in [0.5, 0.6) is 0 Å². The number of aliphatic hydroxyl groups is 1. The molecule has 3 unspecified atom stereocenters. The molecule has 2 rings (SSSR count). The molecule has 1 N–H and O–H groups in total. The molecule has 2 heterocycles. The second-order valence-electron chi connectivity index (χ2n) is 5.69. The average molecular weight is 284 g/mol. The predicted molar refractivity (Wildman–Crippen MR) is 73.0 cm³/mol. The van der Waals surface area contributed by atoms with Crippen molar-refractivity contribution in [1.29, 1.82) is 0 Å². The third-order valence-electron chi connectivity index (χ3n) is 4.31. The van der Waals surface area contributed by atoms with E-state index in [-0.39, 0.29) is 11.9 Å². The fraction of sp³-hybridized carbons (Fsp3) is 0.857. The predicted octanol–water partition coefficient (Wildman–Crippen LogP) is -0.00440. The number of carbonyl (C=O) groups is 2. The summed E-state index contributed by atoms with van der Waals surface area (Å²) >= 11 is 0. The summed E-state index contributed by atoms with van der Waals surface area (Å²) in [6.45, 7) is 3.75. The Kier molecular flexibility index (Phi) is 4.99. The highest BCUT2D eigenvalue weighted by Crippen LogP contribution is 2.23. The highest BCUT2D eigenvalue weighted by Gasteiger charge is 2.42. The maximum atomic E-state index is 12.5. The quantitative estimate of drug-likeness (QED) is 0.739. The molecule has 2 aliphatic rings. The Balaban J connectivity index is 2.03. The summed E-state index contributed by atoms with van der Waals surface area (Å²) in [4.78, 5) is 27.9. The van der Waals surface area contributed by atoms with Gasteiger partial charge in [-0.2, -0.15) is 0 Å². The van der Waals surface area contributed by atoms with Crippen molar-refractivity contribution in [3.05, 3.63) is 0 Å². The van der Waals surface area contributed by atoms with Gasteiger partial charge in [-0.15, -0.1) is 0 Å². The van der Waals surface area contributed by atoms with Gasteiger partial charge in [-0.25, -0.2) is 0 Å². The van der Waals surface area contributed by atoms with Gasteiger partial charge in [0, 0.05) is 26.1 Å². The Morgan fingerprint density at radius 2 is 1.90 bits per heavy atom. The van der Waals surface area contributed by atoms with Gasteiger partial charge < -0.3 is 14.7 Å². The number of hydrogen-bond donors (Lipinski definition) is 1. The van der Waals surface area contributed by atoms with E-state index in [0.717, 1.165) is 25.9 Å². The number of carbonyl (C=O) groups excluding carboxylic acids is 2. The Hall–Kier alpha value is -1.14. The molecule has 2 saturated heterocycles. The molecule has 20 heavy (non-hydrogen) atoms. The smallest absolute Gasteiger partial charge is 0.323 e. The number of amides is 1. The summed E-state index contributed by atoms with van der Waals surface area (Å²) in [5.41, 5.74) is 0. The summed E-state index contributed by atoms with van der Waals surface area (Å²) in [7, 11) is 1.34. The lowest BCUT2D eigenvalue weighted by molar-refractivity contribution is -0.148. The van der Waals surface area contributed by atoms with Crippen LogP contribution in [-0.2, 0) is 14.3 Å². The molecule has 1 amide bonds.